The molecule has 1 aliphatic heterocycles. The predicted octanol–water partition coefficient (Wildman–Crippen LogP) is 1.63. The monoisotopic (exact) mass is 343 g/mol. The molecular formula is C17H17N3O3S. The molecule has 1 atom stereocenters. The summed E-state index contributed by atoms with van der Waals surface area (Å²) in [5.41, 5.74) is 0.911. The van der Waals surface area contributed by atoms with Crippen molar-refractivity contribution in [2.75, 3.05) is 13.1 Å². The van der Waals surface area contributed by atoms with Crippen molar-refractivity contribution < 1.29 is 9.59 Å². The highest BCUT2D eigenvalue weighted by Crippen LogP contribution is 2.39. The Balaban J connectivity index is 1.69. The van der Waals surface area contributed by atoms with Gasteiger partial charge in [0.05, 0.1) is 0 Å². The number of hydrogen-bond donors (Lipinski definition) is 2. The van der Waals surface area contributed by atoms with Gasteiger partial charge < -0.3 is 15.2 Å². The van der Waals surface area contributed by atoms with E-state index in [4.69, 9.17) is 0 Å². The topological polar surface area (TPSA) is 82.3 Å². The summed E-state index contributed by atoms with van der Waals surface area (Å²) < 4.78 is 0. The molecule has 3 heterocycles. The van der Waals surface area contributed by atoms with Gasteiger partial charge in [0.15, 0.2) is 0 Å². The lowest BCUT2D eigenvalue weighted by Gasteiger charge is -2.34. The fourth-order valence-electron chi connectivity index (χ4n) is 3.08. The third-order valence-corrected chi connectivity index (χ3v) is 5.34. The van der Waals surface area contributed by atoms with Crippen molar-refractivity contribution in [3.63, 3.8) is 0 Å². The van der Waals surface area contributed by atoms with Crippen molar-refractivity contribution in [1.29, 1.82) is 0 Å². The van der Waals surface area contributed by atoms with Crippen LogP contribution in [0.3, 0.4) is 0 Å². The fourth-order valence-corrected chi connectivity index (χ4v) is 3.92. The average molecular weight is 343 g/mol. The number of nitrogens with zero attached hydrogens (tertiary/aromatic N) is 1. The first-order chi connectivity index (χ1) is 11.6. The SMILES string of the molecule is O=C1NCCN(C(=O)c2cc(C3CC3)[nH]c(=O)c2)C1c1cccs1. The lowest BCUT2D eigenvalue weighted by atomic mass is 10.1. The van der Waals surface area contributed by atoms with E-state index in [0.717, 1.165) is 23.4 Å². The van der Waals surface area contributed by atoms with Gasteiger partial charge in [-0.1, -0.05) is 6.07 Å². The number of pyridine rings is 1. The van der Waals surface area contributed by atoms with Crippen molar-refractivity contribution in [3.05, 3.63) is 56.1 Å². The van der Waals surface area contributed by atoms with Crippen molar-refractivity contribution in [2.45, 2.75) is 24.8 Å². The zero-order valence-electron chi connectivity index (χ0n) is 13.0. The van der Waals surface area contributed by atoms with Gasteiger partial charge in [-0.25, -0.2) is 0 Å². The number of nitrogens with one attached hydrogen (secondary N) is 2. The van der Waals surface area contributed by atoms with Crippen molar-refractivity contribution in [1.82, 2.24) is 15.2 Å². The maximum Gasteiger partial charge on any atom is 0.255 e. The molecule has 1 saturated heterocycles. The largest absolute Gasteiger partial charge is 0.352 e. The highest BCUT2D eigenvalue weighted by atomic mass is 32.1. The minimum atomic E-state index is -0.630. The Hall–Kier alpha value is -2.41. The zero-order valence-corrected chi connectivity index (χ0v) is 13.8. The summed E-state index contributed by atoms with van der Waals surface area (Å²) in [5, 5.41) is 4.70. The van der Waals surface area contributed by atoms with E-state index in [0.29, 0.717) is 24.6 Å². The highest BCUT2D eigenvalue weighted by Gasteiger charge is 2.36. The molecule has 0 radical (unpaired) electrons. The summed E-state index contributed by atoms with van der Waals surface area (Å²) in [6.45, 7) is 0.851. The van der Waals surface area contributed by atoms with Gasteiger partial charge in [0.25, 0.3) is 5.91 Å². The maximum absolute atomic E-state index is 13.0. The van der Waals surface area contributed by atoms with Crippen molar-refractivity contribution in [2.24, 2.45) is 0 Å². The molecule has 2 aromatic rings. The lowest BCUT2D eigenvalue weighted by Crippen LogP contribution is -2.52. The quantitative estimate of drug-likeness (QED) is 0.889. The van der Waals surface area contributed by atoms with Crippen LogP contribution in [0.4, 0.5) is 0 Å². The Morgan fingerprint density at radius 1 is 1.25 bits per heavy atom. The molecule has 2 amide bonds. The van der Waals surface area contributed by atoms with Crippen LogP contribution in [0.5, 0.6) is 0 Å². The molecule has 24 heavy (non-hydrogen) atoms. The van der Waals surface area contributed by atoms with Gasteiger partial charge in [-0.05, 0) is 36.3 Å². The van der Waals surface area contributed by atoms with E-state index in [-0.39, 0.29) is 17.4 Å². The van der Waals surface area contributed by atoms with E-state index in [9.17, 15) is 14.4 Å². The molecular weight excluding hydrogens is 326 g/mol. The van der Waals surface area contributed by atoms with Crippen LogP contribution in [-0.2, 0) is 4.79 Å². The Morgan fingerprint density at radius 2 is 2.08 bits per heavy atom. The number of aromatic nitrogens is 1. The first-order valence-electron chi connectivity index (χ1n) is 8.00. The number of hydrogen-bond acceptors (Lipinski definition) is 4. The third kappa shape index (κ3) is 2.75. The average Bonchev–Trinajstić information content (AvgIpc) is 3.29. The molecule has 1 saturated carbocycles. The van der Waals surface area contributed by atoms with Crippen LogP contribution in [0.1, 0.15) is 45.7 Å². The number of amides is 2. The molecule has 2 aliphatic rings. The Kier molecular flexibility index (Phi) is 3.72. The first-order valence-corrected chi connectivity index (χ1v) is 8.88. The molecule has 4 rings (SSSR count). The van der Waals surface area contributed by atoms with Gasteiger partial charge >= 0.3 is 0 Å². The minimum Gasteiger partial charge on any atom is -0.352 e. The van der Waals surface area contributed by atoms with Crippen LogP contribution in [0, 0.1) is 0 Å². The molecule has 1 aliphatic carbocycles. The second-order valence-corrected chi connectivity index (χ2v) is 7.15. The number of piperazine rings is 1. The second kappa shape index (κ2) is 5.90. The van der Waals surface area contributed by atoms with Crippen molar-refractivity contribution in [3.8, 4) is 0 Å². The van der Waals surface area contributed by atoms with E-state index in [1.165, 1.54) is 17.4 Å². The predicted molar refractivity (Wildman–Crippen MR) is 90.1 cm³/mol. The summed E-state index contributed by atoms with van der Waals surface area (Å²) in [6, 6.07) is 6.18. The molecule has 7 heteroatoms. The normalized spacial score (nSPS) is 20.8. The third-order valence-electron chi connectivity index (χ3n) is 4.41. The smallest absolute Gasteiger partial charge is 0.255 e. The Labute approximate surface area is 142 Å². The highest BCUT2D eigenvalue weighted by molar-refractivity contribution is 7.10. The van der Waals surface area contributed by atoms with E-state index in [1.54, 1.807) is 11.0 Å². The zero-order chi connectivity index (χ0) is 16.7. The summed E-state index contributed by atoms with van der Waals surface area (Å²) in [5.74, 6) is -0.0937. The standard InChI is InChI=1S/C17H17N3O3S/c21-14-9-11(8-12(19-14)10-3-4-10)17(23)20-6-5-18-16(22)15(20)13-2-1-7-24-13/h1-2,7-10,15H,3-6H2,(H,18,22)(H,19,21). The van der Waals surface area contributed by atoms with Crippen LogP contribution >= 0.6 is 11.3 Å². The van der Waals surface area contributed by atoms with E-state index in [1.807, 2.05) is 17.5 Å². The summed E-state index contributed by atoms with van der Waals surface area (Å²) in [6.07, 6.45) is 2.08. The lowest BCUT2D eigenvalue weighted by molar-refractivity contribution is -0.127. The molecule has 1 unspecified atom stereocenters. The van der Waals surface area contributed by atoms with Gasteiger partial charge in [-0.15, -0.1) is 11.3 Å². The van der Waals surface area contributed by atoms with Gasteiger partial charge in [0.2, 0.25) is 11.5 Å². The van der Waals surface area contributed by atoms with Crippen LogP contribution in [-0.4, -0.2) is 34.8 Å². The van der Waals surface area contributed by atoms with E-state index >= 15 is 0 Å². The summed E-state index contributed by atoms with van der Waals surface area (Å²) >= 11 is 1.45. The van der Waals surface area contributed by atoms with E-state index in [2.05, 4.69) is 10.3 Å². The molecule has 0 spiro atoms. The summed E-state index contributed by atoms with van der Waals surface area (Å²) in [7, 11) is 0. The fraction of sp³-hybridized carbons (Fsp3) is 0.353. The number of H-pyrrole nitrogens is 1. The van der Waals surface area contributed by atoms with Gasteiger partial charge in [0, 0.05) is 35.3 Å². The Morgan fingerprint density at radius 3 is 2.79 bits per heavy atom. The maximum atomic E-state index is 13.0. The van der Waals surface area contributed by atoms with Crippen LogP contribution < -0.4 is 10.9 Å². The molecule has 2 fully saturated rings. The number of carbonyl (C=O) groups is 2. The van der Waals surface area contributed by atoms with Crippen molar-refractivity contribution >= 4 is 23.2 Å². The number of aromatic amines is 1. The minimum absolute atomic E-state index is 0.177. The molecule has 2 N–H and O–H groups in total. The molecule has 6 nitrogen and oxygen atoms in total. The molecule has 2 aromatic heterocycles. The van der Waals surface area contributed by atoms with Gasteiger partial charge in [-0.3, -0.25) is 14.4 Å². The number of rotatable bonds is 3. The van der Waals surface area contributed by atoms with Crippen LogP contribution in [0.15, 0.2) is 34.4 Å². The number of thiophene rings is 1. The summed E-state index contributed by atoms with van der Waals surface area (Å²) in [4.78, 5) is 42.4. The van der Waals surface area contributed by atoms with Gasteiger partial charge in [0.1, 0.15) is 6.04 Å². The van der Waals surface area contributed by atoms with E-state index < -0.39 is 6.04 Å². The molecule has 0 bridgehead atoms. The number of carbonyl (C=O) groups excluding carboxylic acids is 2. The molecule has 124 valence electrons. The first kappa shape index (κ1) is 15.1. The Bertz CT molecular complexity index is 839. The second-order valence-electron chi connectivity index (χ2n) is 6.17. The van der Waals surface area contributed by atoms with Crippen LogP contribution in [0.25, 0.3) is 0 Å². The van der Waals surface area contributed by atoms with Crippen LogP contribution in [0.2, 0.25) is 0 Å². The van der Waals surface area contributed by atoms with Gasteiger partial charge in [-0.2, -0.15) is 0 Å². The molecule has 0 aromatic carbocycles.